The van der Waals surface area contributed by atoms with Gasteiger partial charge in [-0.05, 0) is 28.0 Å². The fourth-order valence-corrected chi connectivity index (χ4v) is 3.75. The Balaban J connectivity index is 1.71. The maximum Gasteiger partial charge on any atom is 0.308 e. The number of benzene rings is 1. The number of carbonyl (C=O) groups excluding carboxylic acids is 1. The highest BCUT2D eigenvalue weighted by molar-refractivity contribution is 7.12. The second kappa shape index (κ2) is 6.93. The molecule has 0 spiro atoms. The van der Waals surface area contributed by atoms with Crippen molar-refractivity contribution in [1.29, 1.82) is 0 Å². The van der Waals surface area contributed by atoms with E-state index in [0.29, 0.717) is 6.54 Å². The van der Waals surface area contributed by atoms with Crippen molar-refractivity contribution in [3.05, 3.63) is 68.6 Å². The van der Waals surface area contributed by atoms with Crippen molar-refractivity contribution >= 4 is 28.6 Å². The van der Waals surface area contributed by atoms with Gasteiger partial charge in [0.1, 0.15) is 6.54 Å². The Morgan fingerprint density at radius 3 is 2.70 bits per heavy atom. The van der Waals surface area contributed by atoms with E-state index in [-0.39, 0.29) is 17.3 Å². The minimum atomic E-state index is -0.110. The van der Waals surface area contributed by atoms with Crippen molar-refractivity contribution in [2.24, 2.45) is 0 Å². The molecule has 2 heterocycles. The smallest absolute Gasteiger partial charge is 0.308 e. The summed E-state index contributed by atoms with van der Waals surface area (Å²) in [6.45, 7) is 0.634. The monoisotopic (exact) mass is 344 g/mol. The van der Waals surface area contributed by atoms with Crippen molar-refractivity contribution in [1.82, 2.24) is 9.47 Å². The van der Waals surface area contributed by atoms with Crippen LogP contribution in [-0.2, 0) is 17.9 Å². The molecule has 3 aromatic rings. The van der Waals surface area contributed by atoms with Crippen LogP contribution in [0, 0.1) is 0 Å². The number of carbonyl (C=O) groups is 1. The summed E-state index contributed by atoms with van der Waals surface area (Å²) in [6, 6.07) is 11.7. The number of likely N-dealkylation sites (N-methyl/N-ethyl adjacent to an activating group) is 1. The van der Waals surface area contributed by atoms with E-state index < -0.39 is 0 Å². The molecule has 0 N–H and O–H groups in total. The number of thiophene rings is 1. The summed E-state index contributed by atoms with van der Waals surface area (Å²) in [5, 5.41) is 4.01. The molecule has 118 valence electrons. The number of nitrogens with zero attached hydrogens (tertiary/aromatic N) is 2. The summed E-state index contributed by atoms with van der Waals surface area (Å²) >= 11 is 2.77. The second-order valence-corrected chi connectivity index (χ2v) is 7.01. The Kier molecular flexibility index (Phi) is 4.73. The standard InChI is InChI=1S/C17H16N2O2S2/c1-18(9-13-7-8-22-12-13)16(20)11-19-10-15(23-17(19)21)14-5-3-2-4-6-14/h2-8,10,12H,9,11H2,1H3. The molecular weight excluding hydrogens is 328 g/mol. The van der Waals surface area contributed by atoms with Crippen LogP contribution in [0.1, 0.15) is 5.56 Å². The first-order valence-corrected chi connectivity index (χ1v) is 8.90. The van der Waals surface area contributed by atoms with Gasteiger partial charge in [0, 0.05) is 19.8 Å². The number of amides is 1. The molecule has 4 nitrogen and oxygen atoms in total. The van der Waals surface area contributed by atoms with E-state index in [9.17, 15) is 9.59 Å². The van der Waals surface area contributed by atoms with Gasteiger partial charge in [-0.25, -0.2) is 0 Å². The molecule has 1 amide bonds. The van der Waals surface area contributed by atoms with E-state index >= 15 is 0 Å². The zero-order valence-electron chi connectivity index (χ0n) is 12.6. The molecule has 0 atom stereocenters. The first kappa shape index (κ1) is 15.7. The number of rotatable bonds is 5. The molecule has 0 bridgehead atoms. The number of hydrogen-bond donors (Lipinski definition) is 0. The maximum atomic E-state index is 12.3. The van der Waals surface area contributed by atoms with Crippen molar-refractivity contribution in [3.63, 3.8) is 0 Å². The first-order chi connectivity index (χ1) is 11.1. The summed E-state index contributed by atoms with van der Waals surface area (Å²) in [6.07, 6.45) is 1.76. The van der Waals surface area contributed by atoms with E-state index in [1.165, 1.54) is 4.57 Å². The Bertz CT molecular complexity index is 835. The largest absolute Gasteiger partial charge is 0.340 e. The molecular formula is C17H16N2O2S2. The van der Waals surface area contributed by atoms with Crippen molar-refractivity contribution in [3.8, 4) is 10.4 Å². The zero-order chi connectivity index (χ0) is 16.2. The summed E-state index contributed by atoms with van der Waals surface area (Å²) in [7, 11) is 1.76. The molecule has 23 heavy (non-hydrogen) atoms. The Morgan fingerprint density at radius 2 is 2.00 bits per heavy atom. The molecule has 0 saturated carbocycles. The van der Waals surface area contributed by atoms with Gasteiger partial charge in [-0.1, -0.05) is 41.7 Å². The van der Waals surface area contributed by atoms with Gasteiger partial charge in [0.15, 0.2) is 0 Å². The van der Waals surface area contributed by atoms with E-state index in [0.717, 1.165) is 27.3 Å². The number of aromatic nitrogens is 1. The molecule has 0 aliphatic rings. The third-order valence-corrected chi connectivity index (χ3v) is 5.20. The Morgan fingerprint density at radius 1 is 1.22 bits per heavy atom. The van der Waals surface area contributed by atoms with Gasteiger partial charge in [-0.3, -0.25) is 14.2 Å². The van der Waals surface area contributed by atoms with Crippen LogP contribution in [0.4, 0.5) is 0 Å². The van der Waals surface area contributed by atoms with Gasteiger partial charge in [-0.15, -0.1) is 0 Å². The Labute approximate surface area is 142 Å². The molecule has 0 aliphatic carbocycles. The maximum absolute atomic E-state index is 12.3. The average molecular weight is 344 g/mol. The molecule has 3 rings (SSSR count). The highest BCUT2D eigenvalue weighted by Crippen LogP contribution is 2.21. The van der Waals surface area contributed by atoms with Crippen LogP contribution >= 0.6 is 22.7 Å². The van der Waals surface area contributed by atoms with Gasteiger partial charge in [0.25, 0.3) is 0 Å². The van der Waals surface area contributed by atoms with Gasteiger partial charge >= 0.3 is 4.87 Å². The lowest BCUT2D eigenvalue weighted by molar-refractivity contribution is -0.131. The van der Waals surface area contributed by atoms with Crippen LogP contribution in [0.2, 0.25) is 0 Å². The Hall–Kier alpha value is -2.18. The highest BCUT2D eigenvalue weighted by atomic mass is 32.1. The van der Waals surface area contributed by atoms with Crippen molar-refractivity contribution in [2.75, 3.05) is 7.05 Å². The summed E-state index contributed by atoms with van der Waals surface area (Å²) in [4.78, 5) is 26.8. The van der Waals surface area contributed by atoms with Crippen LogP contribution in [0.25, 0.3) is 10.4 Å². The van der Waals surface area contributed by atoms with Crippen molar-refractivity contribution in [2.45, 2.75) is 13.1 Å². The molecule has 0 fully saturated rings. The lowest BCUT2D eigenvalue weighted by atomic mass is 10.2. The van der Waals surface area contributed by atoms with Gasteiger partial charge in [0.2, 0.25) is 5.91 Å². The minimum Gasteiger partial charge on any atom is -0.340 e. The van der Waals surface area contributed by atoms with E-state index in [4.69, 9.17) is 0 Å². The van der Waals surface area contributed by atoms with Crippen LogP contribution < -0.4 is 4.87 Å². The lowest BCUT2D eigenvalue weighted by Gasteiger charge is -2.16. The molecule has 0 radical (unpaired) electrons. The fourth-order valence-electron chi connectivity index (χ4n) is 2.23. The van der Waals surface area contributed by atoms with Gasteiger partial charge in [-0.2, -0.15) is 11.3 Å². The highest BCUT2D eigenvalue weighted by Gasteiger charge is 2.13. The molecule has 1 aromatic carbocycles. The first-order valence-electron chi connectivity index (χ1n) is 7.14. The van der Waals surface area contributed by atoms with Crippen LogP contribution in [-0.4, -0.2) is 22.4 Å². The number of hydrogen-bond acceptors (Lipinski definition) is 4. The molecule has 2 aromatic heterocycles. The zero-order valence-corrected chi connectivity index (χ0v) is 14.3. The molecule has 0 saturated heterocycles. The second-order valence-electron chi connectivity index (χ2n) is 5.24. The van der Waals surface area contributed by atoms with Crippen LogP contribution in [0.15, 0.2) is 58.1 Å². The topological polar surface area (TPSA) is 42.3 Å². The molecule has 0 unspecified atom stereocenters. The normalized spacial score (nSPS) is 10.7. The van der Waals surface area contributed by atoms with Gasteiger partial charge < -0.3 is 4.90 Å². The fraction of sp³-hybridized carbons (Fsp3) is 0.176. The van der Waals surface area contributed by atoms with Crippen molar-refractivity contribution < 1.29 is 4.79 Å². The summed E-state index contributed by atoms with van der Waals surface area (Å²) in [5.74, 6) is -0.0734. The van der Waals surface area contributed by atoms with Crippen LogP contribution in [0.3, 0.4) is 0 Å². The third-order valence-electron chi connectivity index (χ3n) is 3.49. The third kappa shape index (κ3) is 3.78. The molecule has 6 heteroatoms. The predicted octanol–water partition coefficient (Wildman–Crippen LogP) is 3.30. The molecule has 0 aliphatic heterocycles. The quantitative estimate of drug-likeness (QED) is 0.713. The summed E-state index contributed by atoms with van der Waals surface area (Å²) in [5.41, 5.74) is 2.10. The van der Waals surface area contributed by atoms with Gasteiger partial charge in [0.05, 0.1) is 4.88 Å². The van der Waals surface area contributed by atoms with Crippen LogP contribution in [0.5, 0.6) is 0 Å². The van der Waals surface area contributed by atoms with E-state index in [1.54, 1.807) is 29.5 Å². The predicted molar refractivity (Wildman–Crippen MR) is 94.8 cm³/mol. The SMILES string of the molecule is CN(Cc1ccsc1)C(=O)Cn1cc(-c2ccccc2)sc1=O. The minimum absolute atomic E-state index is 0.0722. The van der Waals surface area contributed by atoms with E-state index in [2.05, 4.69) is 0 Å². The summed E-state index contributed by atoms with van der Waals surface area (Å²) < 4.78 is 1.49. The number of thiazole rings is 1. The van der Waals surface area contributed by atoms with E-state index in [1.807, 2.05) is 47.2 Å². The lowest BCUT2D eigenvalue weighted by Crippen LogP contribution is -2.31. The average Bonchev–Trinajstić information content (AvgIpc) is 3.18.